The summed E-state index contributed by atoms with van der Waals surface area (Å²) in [4.78, 5) is -0.624. The third-order valence-electron chi connectivity index (χ3n) is 2.71. The second-order valence-electron chi connectivity index (χ2n) is 4.66. The summed E-state index contributed by atoms with van der Waals surface area (Å²) in [5.74, 6) is -0.579. The maximum Gasteiger partial charge on any atom is 0.387 e. The first-order valence-corrected chi connectivity index (χ1v) is 10.7. The van der Waals surface area contributed by atoms with Crippen LogP contribution in [0, 0.1) is 0 Å². The second-order valence-corrected chi connectivity index (χ2v) is 8.75. The molecule has 0 aromatic heterocycles. The minimum absolute atomic E-state index is 0.118. The average molecular weight is 466 g/mol. The summed E-state index contributed by atoms with van der Waals surface area (Å²) in [6, 6.07) is 9.29. The minimum Gasteiger partial charge on any atom is -0.435 e. The summed E-state index contributed by atoms with van der Waals surface area (Å²) in [6.07, 6.45) is 0. The zero-order valence-corrected chi connectivity index (χ0v) is 15.9. The summed E-state index contributed by atoms with van der Waals surface area (Å²) in [5, 5.41) is 4.79. The summed E-state index contributed by atoms with van der Waals surface area (Å²) in [5.41, 5.74) is 0. The van der Waals surface area contributed by atoms with E-state index < -0.39 is 42.9 Å². The first-order valence-electron chi connectivity index (χ1n) is 6.87. The van der Waals surface area contributed by atoms with E-state index in [0.717, 1.165) is 36.4 Å². The minimum atomic E-state index is -4.07. The highest BCUT2D eigenvalue weighted by molar-refractivity contribution is 8.13. The van der Waals surface area contributed by atoms with Crippen molar-refractivity contribution in [2.24, 2.45) is 5.14 Å². The van der Waals surface area contributed by atoms with E-state index in [1.54, 1.807) is 0 Å². The number of rotatable bonds is 6. The molecule has 2 aromatic rings. The van der Waals surface area contributed by atoms with Gasteiger partial charge in [-0.3, -0.25) is 0 Å². The molecule has 14 heteroatoms. The molecule has 2 N–H and O–H groups in total. The Labute approximate surface area is 162 Å². The van der Waals surface area contributed by atoms with Crippen LogP contribution in [0.2, 0.25) is 0 Å². The number of halogens is 5. The van der Waals surface area contributed by atoms with Crippen molar-refractivity contribution in [1.29, 1.82) is 0 Å². The highest BCUT2D eigenvalue weighted by atomic mass is 35.7. The Morgan fingerprint density at radius 3 is 1.75 bits per heavy atom. The third kappa shape index (κ3) is 8.29. The third-order valence-corrected chi connectivity index (χ3v) is 5.00. The molecule has 0 heterocycles. The van der Waals surface area contributed by atoms with Crippen LogP contribution in [-0.4, -0.2) is 30.1 Å². The topological polar surface area (TPSA) is 113 Å². The molecule has 156 valence electrons. The Morgan fingerprint density at radius 2 is 1.32 bits per heavy atom. The van der Waals surface area contributed by atoms with Crippen molar-refractivity contribution in [2.45, 2.75) is 23.0 Å². The van der Waals surface area contributed by atoms with Crippen LogP contribution >= 0.6 is 10.7 Å². The number of ether oxygens (including phenoxy) is 2. The first-order chi connectivity index (χ1) is 12.8. The molecule has 0 unspecified atom stereocenters. The van der Waals surface area contributed by atoms with E-state index in [9.17, 15) is 34.4 Å². The van der Waals surface area contributed by atoms with Gasteiger partial charge in [-0.1, -0.05) is 12.1 Å². The van der Waals surface area contributed by atoms with E-state index in [1.165, 1.54) is 12.1 Å². The van der Waals surface area contributed by atoms with Crippen LogP contribution in [0.5, 0.6) is 11.5 Å². The van der Waals surface area contributed by atoms with Crippen LogP contribution in [0.15, 0.2) is 58.3 Å². The van der Waals surface area contributed by atoms with Crippen LogP contribution in [0.4, 0.5) is 17.6 Å². The molecule has 0 fully saturated rings. The second kappa shape index (κ2) is 9.91. The van der Waals surface area contributed by atoms with Gasteiger partial charge in [0.25, 0.3) is 9.05 Å². The van der Waals surface area contributed by atoms with E-state index >= 15 is 0 Å². The molecular weight excluding hydrogens is 454 g/mol. The van der Waals surface area contributed by atoms with Crippen LogP contribution in [0.3, 0.4) is 0 Å². The highest BCUT2D eigenvalue weighted by Gasteiger charge is 2.18. The van der Waals surface area contributed by atoms with Gasteiger partial charge in [0, 0.05) is 10.7 Å². The maximum atomic E-state index is 11.8. The molecule has 0 aliphatic heterocycles. The van der Waals surface area contributed by atoms with Gasteiger partial charge in [-0.15, -0.1) is 0 Å². The lowest BCUT2D eigenvalue weighted by atomic mass is 10.3. The predicted molar refractivity (Wildman–Crippen MR) is 90.6 cm³/mol. The standard InChI is InChI=1S/C7H5ClF2O3S.C7H7F2NO3S/c8-14(11,12)6-4-2-1-3-5(6)13-7(9)10;8-7(9)13-5-1-3-6(4-2-5)14(10,11)12/h1-4,7H;1-4,7H,(H2,10,11,12). The number of hydrogen-bond acceptors (Lipinski definition) is 6. The maximum absolute atomic E-state index is 11.8. The zero-order valence-electron chi connectivity index (χ0n) is 13.5. The van der Waals surface area contributed by atoms with E-state index in [0.29, 0.717) is 0 Å². The van der Waals surface area contributed by atoms with E-state index in [1.807, 2.05) is 0 Å². The molecule has 0 bridgehead atoms. The number of nitrogens with two attached hydrogens (primary N) is 1. The summed E-state index contributed by atoms with van der Waals surface area (Å²) in [6.45, 7) is -6.02. The number of alkyl halides is 4. The van der Waals surface area contributed by atoms with Crippen molar-refractivity contribution in [1.82, 2.24) is 0 Å². The van der Waals surface area contributed by atoms with Gasteiger partial charge in [0.1, 0.15) is 16.4 Å². The van der Waals surface area contributed by atoms with Gasteiger partial charge >= 0.3 is 13.2 Å². The number of benzene rings is 2. The molecule has 0 saturated carbocycles. The monoisotopic (exact) mass is 465 g/mol. The Bertz CT molecular complexity index is 985. The summed E-state index contributed by atoms with van der Waals surface area (Å²) >= 11 is 0. The van der Waals surface area contributed by atoms with Gasteiger partial charge in [-0.05, 0) is 36.4 Å². The number of para-hydroxylation sites is 1. The summed E-state index contributed by atoms with van der Waals surface area (Å²) in [7, 11) is -2.86. The molecule has 0 aliphatic rings. The Balaban J connectivity index is 0.000000280. The first kappa shape index (κ1) is 23.9. The smallest absolute Gasteiger partial charge is 0.387 e. The fourth-order valence-electron chi connectivity index (χ4n) is 1.66. The lowest BCUT2D eigenvalue weighted by molar-refractivity contribution is -0.0519. The van der Waals surface area contributed by atoms with Crippen molar-refractivity contribution in [3.05, 3.63) is 48.5 Å². The van der Waals surface area contributed by atoms with Gasteiger partial charge in [0.2, 0.25) is 10.0 Å². The van der Waals surface area contributed by atoms with Gasteiger partial charge in [-0.25, -0.2) is 22.0 Å². The number of primary sulfonamides is 1. The van der Waals surface area contributed by atoms with Crippen molar-refractivity contribution >= 4 is 29.8 Å². The lowest BCUT2D eigenvalue weighted by Gasteiger charge is -2.07. The van der Waals surface area contributed by atoms with Crippen molar-refractivity contribution in [2.75, 3.05) is 0 Å². The van der Waals surface area contributed by atoms with E-state index in [4.69, 9.17) is 15.8 Å². The highest BCUT2D eigenvalue weighted by Crippen LogP contribution is 2.27. The zero-order chi connectivity index (χ0) is 21.5. The van der Waals surface area contributed by atoms with Crippen LogP contribution in [0.1, 0.15) is 0 Å². The van der Waals surface area contributed by atoms with Crippen LogP contribution < -0.4 is 14.6 Å². The van der Waals surface area contributed by atoms with E-state index in [2.05, 4.69) is 9.47 Å². The van der Waals surface area contributed by atoms with Gasteiger partial charge in [0.15, 0.2) is 0 Å². The molecule has 7 nitrogen and oxygen atoms in total. The fourth-order valence-corrected chi connectivity index (χ4v) is 3.15. The van der Waals surface area contributed by atoms with Gasteiger partial charge in [-0.2, -0.15) is 17.6 Å². The molecule has 0 radical (unpaired) electrons. The molecule has 2 rings (SSSR count). The average Bonchev–Trinajstić information content (AvgIpc) is 2.53. The van der Waals surface area contributed by atoms with Gasteiger partial charge < -0.3 is 9.47 Å². The van der Waals surface area contributed by atoms with E-state index in [-0.39, 0.29) is 10.6 Å². The SMILES string of the molecule is NS(=O)(=O)c1ccc(OC(F)F)cc1.O=S(=O)(Cl)c1ccccc1OC(F)F. The fraction of sp³-hybridized carbons (Fsp3) is 0.143. The molecule has 0 amide bonds. The molecule has 2 aromatic carbocycles. The van der Waals surface area contributed by atoms with Crippen molar-refractivity contribution in [3.63, 3.8) is 0 Å². The number of sulfonamides is 1. The largest absolute Gasteiger partial charge is 0.435 e. The Hall–Kier alpha value is -2.09. The summed E-state index contributed by atoms with van der Waals surface area (Å²) < 4.78 is 98.3. The molecule has 0 aliphatic carbocycles. The Morgan fingerprint density at radius 1 is 0.821 bits per heavy atom. The van der Waals surface area contributed by atoms with Crippen LogP contribution in [-0.2, 0) is 19.1 Å². The molecular formula is C14H12ClF4NO6S2. The van der Waals surface area contributed by atoms with Crippen LogP contribution in [0.25, 0.3) is 0 Å². The molecule has 0 saturated heterocycles. The molecule has 28 heavy (non-hydrogen) atoms. The van der Waals surface area contributed by atoms with Crippen molar-refractivity contribution in [3.8, 4) is 11.5 Å². The predicted octanol–water partition coefficient (Wildman–Crippen LogP) is 3.15. The quantitative estimate of drug-likeness (QED) is 0.518. The number of hydrogen-bond donors (Lipinski definition) is 1. The van der Waals surface area contributed by atoms with Gasteiger partial charge in [0.05, 0.1) is 4.90 Å². The molecule has 0 spiro atoms. The molecule has 0 atom stereocenters. The lowest BCUT2D eigenvalue weighted by Crippen LogP contribution is -2.12. The normalized spacial score (nSPS) is 11.7. The Kier molecular flexibility index (Phi) is 8.48. The van der Waals surface area contributed by atoms with Crippen molar-refractivity contribution < 1.29 is 43.9 Å².